The van der Waals surface area contributed by atoms with E-state index in [1.807, 2.05) is 0 Å². The molecule has 0 unspecified atom stereocenters. The molecular weight excluding hydrogens is 260 g/mol. The summed E-state index contributed by atoms with van der Waals surface area (Å²) in [6.45, 7) is 4.47. The minimum Gasteiger partial charge on any atom is -0.474 e. The third-order valence-corrected chi connectivity index (χ3v) is 2.59. The van der Waals surface area contributed by atoms with Gasteiger partial charge in [0, 0.05) is 6.07 Å². The van der Waals surface area contributed by atoms with Gasteiger partial charge in [-0.25, -0.2) is 0 Å². The molecule has 0 aliphatic carbocycles. The van der Waals surface area contributed by atoms with Crippen LogP contribution in [0.25, 0.3) is 0 Å². The van der Waals surface area contributed by atoms with Gasteiger partial charge in [0.05, 0.1) is 11.5 Å². The molecule has 7 heteroatoms. The van der Waals surface area contributed by atoms with Crippen LogP contribution < -0.4 is 10.3 Å². The van der Waals surface area contributed by atoms with Crippen molar-refractivity contribution in [3.05, 3.63) is 31.6 Å². The van der Waals surface area contributed by atoms with Gasteiger partial charge in [0.25, 0.3) is 11.4 Å². The van der Waals surface area contributed by atoms with E-state index in [2.05, 4.69) is 18.8 Å². The molecular formula is C11H15ClN2O4. The summed E-state index contributed by atoms with van der Waals surface area (Å²) in [5, 5.41) is 10.5. The van der Waals surface area contributed by atoms with E-state index in [0.717, 1.165) is 18.9 Å². The summed E-state index contributed by atoms with van der Waals surface area (Å²) < 4.78 is 5.23. The van der Waals surface area contributed by atoms with Crippen molar-refractivity contribution in [2.75, 3.05) is 6.61 Å². The molecule has 0 bridgehead atoms. The molecule has 0 atom stereocenters. The second kappa shape index (κ2) is 6.39. The van der Waals surface area contributed by atoms with Crippen LogP contribution in [0.5, 0.6) is 5.88 Å². The van der Waals surface area contributed by atoms with Crippen molar-refractivity contribution in [3.8, 4) is 5.88 Å². The SMILES string of the molecule is CC(C)CCCOc1[nH]c(=O)c(Cl)cc1[N+](=O)[O-]. The molecule has 0 spiro atoms. The smallest absolute Gasteiger partial charge is 0.330 e. The van der Waals surface area contributed by atoms with Crippen molar-refractivity contribution in [1.29, 1.82) is 0 Å². The molecule has 0 fully saturated rings. The van der Waals surface area contributed by atoms with Crippen LogP contribution in [-0.4, -0.2) is 16.5 Å². The topological polar surface area (TPSA) is 85.2 Å². The second-order valence-corrected chi connectivity index (χ2v) is 4.71. The maximum absolute atomic E-state index is 11.3. The largest absolute Gasteiger partial charge is 0.474 e. The van der Waals surface area contributed by atoms with Crippen molar-refractivity contribution < 1.29 is 9.66 Å². The predicted octanol–water partition coefficient (Wildman–Crippen LogP) is 2.75. The summed E-state index contributed by atoms with van der Waals surface area (Å²) in [6, 6.07) is 0.998. The average molecular weight is 275 g/mol. The number of hydrogen-bond acceptors (Lipinski definition) is 4. The van der Waals surface area contributed by atoms with Crippen LogP contribution in [0.15, 0.2) is 10.9 Å². The lowest BCUT2D eigenvalue weighted by atomic mass is 10.1. The Kier molecular flexibility index (Phi) is 5.15. The number of aromatic nitrogens is 1. The number of rotatable bonds is 6. The van der Waals surface area contributed by atoms with E-state index in [-0.39, 0.29) is 16.6 Å². The second-order valence-electron chi connectivity index (χ2n) is 4.30. The van der Waals surface area contributed by atoms with Gasteiger partial charge in [-0.05, 0) is 18.8 Å². The van der Waals surface area contributed by atoms with Gasteiger partial charge >= 0.3 is 5.69 Å². The number of halogens is 1. The molecule has 0 saturated heterocycles. The molecule has 1 aromatic rings. The number of H-pyrrole nitrogens is 1. The number of hydrogen-bond donors (Lipinski definition) is 1. The first kappa shape index (κ1) is 14.5. The molecule has 100 valence electrons. The highest BCUT2D eigenvalue weighted by Crippen LogP contribution is 2.25. The number of aromatic amines is 1. The minimum absolute atomic E-state index is 0.141. The van der Waals surface area contributed by atoms with Gasteiger partial charge in [0.2, 0.25) is 0 Å². The van der Waals surface area contributed by atoms with E-state index < -0.39 is 10.5 Å². The highest BCUT2D eigenvalue weighted by molar-refractivity contribution is 6.30. The van der Waals surface area contributed by atoms with Gasteiger partial charge < -0.3 is 4.74 Å². The quantitative estimate of drug-likeness (QED) is 0.491. The molecule has 0 saturated carbocycles. The van der Waals surface area contributed by atoms with E-state index >= 15 is 0 Å². The van der Waals surface area contributed by atoms with E-state index in [9.17, 15) is 14.9 Å². The van der Waals surface area contributed by atoms with Crippen LogP contribution >= 0.6 is 11.6 Å². The lowest BCUT2D eigenvalue weighted by molar-refractivity contribution is -0.386. The van der Waals surface area contributed by atoms with E-state index in [0.29, 0.717) is 12.5 Å². The molecule has 0 radical (unpaired) electrons. The average Bonchev–Trinajstić information content (AvgIpc) is 2.28. The van der Waals surface area contributed by atoms with Gasteiger partial charge in [-0.3, -0.25) is 19.9 Å². The molecule has 0 amide bonds. The summed E-state index contributed by atoms with van der Waals surface area (Å²) in [7, 11) is 0. The molecule has 18 heavy (non-hydrogen) atoms. The Balaban J connectivity index is 2.78. The van der Waals surface area contributed by atoms with Crippen LogP contribution in [-0.2, 0) is 0 Å². The first-order valence-corrected chi connectivity index (χ1v) is 5.99. The van der Waals surface area contributed by atoms with Crippen molar-refractivity contribution in [1.82, 2.24) is 4.98 Å². The van der Waals surface area contributed by atoms with Crippen molar-refractivity contribution in [3.63, 3.8) is 0 Å². The molecule has 0 aliphatic heterocycles. The fraction of sp³-hybridized carbons (Fsp3) is 0.545. The molecule has 6 nitrogen and oxygen atoms in total. The Hall–Kier alpha value is -1.56. The Morgan fingerprint density at radius 1 is 1.56 bits per heavy atom. The van der Waals surface area contributed by atoms with E-state index in [1.54, 1.807) is 0 Å². The molecule has 1 aromatic heterocycles. The normalized spacial score (nSPS) is 10.7. The highest BCUT2D eigenvalue weighted by Gasteiger charge is 2.18. The number of nitro groups is 1. The Labute approximate surface area is 109 Å². The summed E-state index contributed by atoms with van der Waals surface area (Å²) >= 11 is 5.53. The lowest BCUT2D eigenvalue weighted by Crippen LogP contribution is -2.12. The van der Waals surface area contributed by atoms with Crippen LogP contribution in [0.2, 0.25) is 5.02 Å². The minimum atomic E-state index is -0.639. The zero-order chi connectivity index (χ0) is 13.7. The van der Waals surface area contributed by atoms with Crippen molar-refractivity contribution >= 4 is 17.3 Å². The zero-order valence-corrected chi connectivity index (χ0v) is 11.0. The number of pyridine rings is 1. The van der Waals surface area contributed by atoms with Crippen LogP contribution in [0.3, 0.4) is 0 Å². The van der Waals surface area contributed by atoms with Gasteiger partial charge in [0.15, 0.2) is 0 Å². The third-order valence-electron chi connectivity index (χ3n) is 2.31. The predicted molar refractivity (Wildman–Crippen MR) is 68.3 cm³/mol. The summed E-state index contributed by atoms with van der Waals surface area (Å²) in [5.41, 5.74) is -0.926. The highest BCUT2D eigenvalue weighted by atomic mass is 35.5. The van der Waals surface area contributed by atoms with Gasteiger partial charge in [-0.2, -0.15) is 0 Å². The maximum atomic E-state index is 11.3. The first-order chi connectivity index (χ1) is 8.41. The summed E-state index contributed by atoms with van der Waals surface area (Å²) in [6.07, 6.45) is 1.71. The summed E-state index contributed by atoms with van der Waals surface area (Å²) in [5.74, 6) is 0.394. The van der Waals surface area contributed by atoms with Crippen LogP contribution in [0.4, 0.5) is 5.69 Å². The monoisotopic (exact) mass is 274 g/mol. The van der Waals surface area contributed by atoms with Gasteiger partial charge in [-0.1, -0.05) is 25.4 Å². The Morgan fingerprint density at radius 3 is 2.78 bits per heavy atom. The standard InChI is InChI=1S/C11H15ClN2O4/c1-7(2)4-3-5-18-11-9(14(16)17)6-8(12)10(15)13-11/h6-7H,3-5H2,1-2H3,(H,13,15). The summed E-state index contributed by atoms with van der Waals surface area (Å²) in [4.78, 5) is 23.7. The Morgan fingerprint density at radius 2 is 2.22 bits per heavy atom. The van der Waals surface area contributed by atoms with Crippen molar-refractivity contribution in [2.45, 2.75) is 26.7 Å². The molecule has 0 aromatic carbocycles. The molecule has 1 rings (SSSR count). The number of ether oxygens (including phenoxy) is 1. The fourth-order valence-corrected chi connectivity index (χ4v) is 1.54. The fourth-order valence-electron chi connectivity index (χ4n) is 1.39. The van der Waals surface area contributed by atoms with Gasteiger partial charge in [-0.15, -0.1) is 0 Å². The van der Waals surface area contributed by atoms with Crippen molar-refractivity contribution in [2.24, 2.45) is 5.92 Å². The zero-order valence-electron chi connectivity index (χ0n) is 10.2. The maximum Gasteiger partial charge on any atom is 0.330 e. The number of nitrogens with one attached hydrogen (secondary N) is 1. The van der Waals surface area contributed by atoms with Crippen LogP contribution in [0, 0.1) is 16.0 Å². The third kappa shape index (κ3) is 4.03. The first-order valence-electron chi connectivity index (χ1n) is 5.61. The van der Waals surface area contributed by atoms with E-state index in [1.165, 1.54) is 0 Å². The Bertz CT molecular complexity index is 484. The number of nitrogens with zero attached hydrogens (tertiary/aromatic N) is 1. The molecule has 1 N–H and O–H groups in total. The molecule has 0 aliphatic rings. The van der Waals surface area contributed by atoms with Gasteiger partial charge in [0.1, 0.15) is 5.02 Å². The molecule has 1 heterocycles. The lowest BCUT2D eigenvalue weighted by Gasteiger charge is -2.07. The van der Waals surface area contributed by atoms with E-state index in [4.69, 9.17) is 16.3 Å². The van der Waals surface area contributed by atoms with Crippen LogP contribution in [0.1, 0.15) is 26.7 Å².